The van der Waals surface area contributed by atoms with Gasteiger partial charge in [0.05, 0.1) is 24.0 Å². The molecular formula is C13H18O3S. The summed E-state index contributed by atoms with van der Waals surface area (Å²) in [6, 6.07) is 7.83. The molecule has 2 rings (SSSR count). The van der Waals surface area contributed by atoms with E-state index >= 15 is 0 Å². The van der Waals surface area contributed by atoms with Crippen molar-refractivity contribution in [3.05, 3.63) is 29.8 Å². The maximum Gasteiger partial charge on any atom is 0.158 e. The molecule has 0 N–H and O–H groups in total. The second-order valence-corrected chi connectivity index (χ2v) is 5.75. The van der Waals surface area contributed by atoms with Crippen LogP contribution in [0.5, 0.6) is 0 Å². The third-order valence-corrected chi connectivity index (χ3v) is 4.07. The summed E-state index contributed by atoms with van der Waals surface area (Å²) in [7, 11) is -0.955. The first kappa shape index (κ1) is 12.7. The van der Waals surface area contributed by atoms with E-state index in [0.29, 0.717) is 12.2 Å². The maximum atomic E-state index is 12.0. The number of hydrogen-bond donors (Lipinski definition) is 0. The van der Waals surface area contributed by atoms with E-state index in [-0.39, 0.29) is 6.29 Å². The maximum absolute atomic E-state index is 12.0. The molecule has 1 atom stereocenters. The molecule has 0 saturated carbocycles. The lowest BCUT2D eigenvalue weighted by Crippen LogP contribution is -2.26. The van der Waals surface area contributed by atoms with E-state index < -0.39 is 10.8 Å². The Bertz CT molecular complexity index is 386. The van der Waals surface area contributed by atoms with Crippen LogP contribution in [-0.4, -0.2) is 29.5 Å². The molecule has 1 saturated heterocycles. The minimum Gasteiger partial charge on any atom is -0.353 e. The smallest absolute Gasteiger partial charge is 0.158 e. The van der Waals surface area contributed by atoms with E-state index in [0.717, 1.165) is 30.1 Å². The molecule has 17 heavy (non-hydrogen) atoms. The van der Waals surface area contributed by atoms with Crippen molar-refractivity contribution in [2.75, 3.05) is 19.0 Å². The van der Waals surface area contributed by atoms with Gasteiger partial charge in [-0.25, -0.2) is 0 Å². The van der Waals surface area contributed by atoms with Gasteiger partial charge < -0.3 is 9.47 Å². The first-order valence-electron chi connectivity index (χ1n) is 5.94. The van der Waals surface area contributed by atoms with Crippen molar-refractivity contribution in [1.29, 1.82) is 0 Å². The molecule has 0 radical (unpaired) electrons. The summed E-state index contributed by atoms with van der Waals surface area (Å²) < 4.78 is 22.9. The second-order valence-electron chi connectivity index (χ2n) is 4.18. The zero-order chi connectivity index (χ0) is 12.1. The normalized spacial score (nSPS) is 19.1. The minimum atomic E-state index is -0.955. The topological polar surface area (TPSA) is 35.5 Å². The van der Waals surface area contributed by atoms with Crippen molar-refractivity contribution in [1.82, 2.24) is 0 Å². The standard InChI is InChI=1S/C13H18O3S/c1-11-4-2-5-12(10-11)17(14)9-6-13-15-7-3-8-16-13/h2,4-5,10,13H,3,6-9H2,1H3. The number of aryl methyl sites for hydroxylation is 1. The number of ether oxygens (including phenoxy) is 2. The Morgan fingerprint density at radius 3 is 2.82 bits per heavy atom. The van der Waals surface area contributed by atoms with Gasteiger partial charge in [-0.15, -0.1) is 0 Å². The van der Waals surface area contributed by atoms with Gasteiger partial charge in [-0.1, -0.05) is 12.1 Å². The van der Waals surface area contributed by atoms with E-state index in [9.17, 15) is 4.21 Å². The molecule has 1 aliphatic heterocycles. The monoisotopic (exact) mass is 254 g/mol. The quantitative estimate of drug-likeness (QED) is 0.826. The fourth-order valence-electron chi connectivity index (χ4n) is 1.78. The van der Waals surface area contributed by atoms with Crippen LogP contribution in [0, 0.1) is 6.92 Å². The summed E-state index contributed by atoms with van der Waals surface area (Å²) in [5, 5.41) is 0. The van der Waals surface area contributed by atoms with Gasteiger partial charge in [0.2, 0.25) is 0 Å². The van der Waals surface area contributed by atoms with Gasteiger partial charge in [0, 0.05) is 17.1 Å². The average molecular weight is 254 g/mol. The molecule has 1 aromatic carbocycles. The number of hydrogen-bond acceptors (Lipinski definition) is 3. The van der Waals surface area contributed by atoms with Gasteiger partial charge in [0.15, 0.2) is 6.29 Å². The van der Waals surface area contributed by atoms with E-state index in [1.54, 1.807) is 0 Å². The average Bonchev–Trinajstić information content (AvgIpc) is 2.37. The van der Waals surface area contributed by atoms with Gasteiger partial charge in [-0.05, 0) is 31.0 Å². The van der Waals surface area contributed by atoms with Crippen LogP contribution in [0.4, 0.5) is 0 Å². The fourth-order valence-corrected chi connectivity index (χ4v) is 2.97. The molecule has 0 aromatic heterocycles. The predicted octanol–water partition coefficient (Wildman–Crippen LogP) is 2.26. The van der Waals surface area contributed by atoms with Gasteiger partial charge in [0.25, 0.3) is 0 Å². The molecule has 0 bridgehead atoms. The Morgan fingerprint density at radius 2 is 2.12 bits per heavy atom. The molecule has 0 amide bonds. The lowest BCUT2D eigenvalue weighted by Gasteiger charge is -2.22. The van der Waals surface area contributed by atoms with Crippen LogP contribution in [0.25, 0.3) is 0 Å². The largest absolute Gasteiger partial charge is 0.353 e. The Kier molecular flexibility index (Phi) is 4.71. The van der Waals surface area contributed by atoms with Crippen LogP contribution in [0.1, 0.15) is 18.4 Å². The summed E-state index contributed by atoms with van der Waals surface area (Å²) in [5.74, 6) is 0.591. The Morgan fingerprint density at radius 1 is 1.35 bits per heavy atom. The van der Waals surface area contributed by atoms with Crippen molar-refractivity contribution in [2.24, 2.45) is 0 Å². The van der Waals surface area contributed by atoms with Crippen LogP contribution in [0.15, 0.2) is 29.2 Å². The molecule has 1 fully saturated rings. The van der Waals surface area contributed by atoms with Crippen LogP contribution in [0.2, 0.25) is 0 Å². The summed E-state index contributed by atoms with van der Waals surface area (Å²) in [5.41, 5.74) is 1.14. The van der Waals surface area contributed by atoms with Crippen molar-refractivity contribution in [3.8, 4) is 0 Å². The molecular weight excluding hydrogens is 236 g/mol. The minimum absolute atomic E-state index is 0.169. The summed E-state index contributed by atoms with van der Waals surface area (Å²) in [6.07, 6.45) is 1.48. The first-order valence-corrected chi connectivity index (χ1v) is 7.26. The highest BCUT2D eigenvalue weighted by Crippen LogP contribution is 2.13. The van der Waals surface area contributed by atoms with Crippen LogP contribution in [0.3, 0.4) is 0 Å². The summed E-state index contributed by atoms with van der Waals surface area (Å²) >= 11 is 0. The Balaban J connectivity index is 1.84. The molecule has 0 aliphatic carbocycles. The zero-order valence-corrected chi connectivity index (χ0v) is 10.9. The van der Waals surface area contributed by atoms with Crippen LogP contribution < -0.4 is 0 Å². The molecule has 4 heteroatoms. The molecule has 1 aromatic rings. The molecule has 1 unspecified atom stereocenters. The molecule has 0 spiro atoms. The van der Waals surface area contributed by atoms with Crippen molar-refractivity contribution < 1.29 is 13.7 Å². The van der Waals surface area contributed by atoms with Gasteiger partial charge in [-0.3, -0.25) is 4.21 Å². The number of rotatable bonds is 4. The molecule has 1 aliphatic rings. The van der Waals surface area contributed by atoms with E-state index in [1.807, 2.05) is 31.2 Å². The third-order valence-electron chi connectivity index (χ3n) is 2.69. The Labute approximate surface area is 105 Å². The van der Waals surface area contributed by atoms with E-state index in [4.69, 9.17) is 9.47 Å². The third kappa shape index (κ3) is 3.91. The van der Waals surface area contributed by atoms with Crippen molar-refractivity contribution in [3.63, 3.8) is 0 Å². The number of benzene rings is 1. The van der Waals surface area contributed by atoms with E-state index in [2.05, 4.69) is 0 Å². The first-order chi connectivity index (χ1) is 8.25. The molecule has 94 valence electrons. The SMILES string of the molecule is Cc1cccc(S(=O)CCC2OCCCO2)c1. The predicted molar refractivity (Wildman–Crippen MR) is 67.4 cm³/mol. The van der Waals surface area contributed by atoms with E-state index in [1.165, 1.54) is 0 Å². The van der Waals surface area contributed by atoms with Crippen LogP contribution >= 0.6 is 0 Å². The lowest BCUT2D eigenvalue weighted by atomic mass is 10.2. The second kappa shape index (κ2) is 6.28. The molecule has 1 heterocycles. The van der Waals surface area contributed by atoms with Gasteiger partial charge >= 0.3 is 0 Å². The lowest BCUT2D eigenvalue weighted by molar-refractivity contribution is -0.178. The summed E-state index contributed by atoms with van der Waals surface area (Å²) in [4.78, 5) is 0.890. The molecule has 3 nitrogen and oxygen atoms in total. The highest BCUT2D eigenvalue weighted by molar-refractivity contribution is 7.85. The summed E-state index contributed by atoms with van der Waals surface area (Å²) in [6.45, 7) is 3.51. The van der Waals surface area contributed by atoms with Gasteiger partial charge in [0.1, 0.15) is 0 Å². The van der Waals surface area contributed by atoms with Crippen LogP contribution in [-0.2, 0) is 20.3 Å². The van der Waals surface area contributed by atoms with Crippen molar-refractivity contribution in [2.45, 2.75) is 31.0 Å². The Hall–Kier alpha value is -0.710. The highest BCUT2D eigenvalue weighted by Gasteiger charge is 2.15. The van der Waals surface area contributed by atoms with Gasteiger partial charge in [-0.2, -0.15) is 0 Å². The zero-order valence-electron chi connectivity index (χ0n) is 10.1. The van der Waals surface area contributed by atoms with Crippen molar-refractivity contribution >= 4 is 10.8 Å². The fraction of sp³-hybridized carbons (Fsp3) is 0.538. The highest BCUT2D eigenvalue weighted by atomic mass is 32.2.